The number of nitrogens with one attached hydrogen (secondary N) is 1. The minimum atomic E-state index is -0.249. The number of benzene rings is 1. The smallest absolute Gasteiger partial charge is 0.252 e. The number of carbonyl (C=O) groups excluding carboxylic acids is 2. The van der Waals surface area contributed by atoms with Crippen molar-refractivity contribution >= 4 is 17.6 Å². The Labute approximate surface area is 192 Å². The number of halogens is 1. The SMILES string of the molecule is Cc1nc2ncnn2c(C)c1CCC(=O)N1CCC(C(=O)NCCc2ccccc2F)CC1. The average molecular weight is 453 g/mol. The Kier molecular flexibility index (Phi) is 6.96. The lowest BCUT2D eigenvalue weighted by Crippen LogP contribution is -2.43. The molecule has 174 valence electrons. The predicted octanol–water partition coefficient (Wildman–Crippen LogP) is 2.41. The predicted molar refractivity (Wildman–Crippen MR) is 121 cm³/mol. The number of hydrogen-bond donors (Lipinski definition) is 1. The Bertz CT molecular complexity index is 1150. The van der Waals surface area contributed by atoms with Crippen molar-refractivity contribution in [1.82, 2.24) is 29.8 Å². The zero-order chi connectivity index (χ0) is 23.4. The van der Waals surface area contributed by atoms with Gasteiger partial charge in [0.15, 0.2) is 0 Å². The normalized spacial score (nSPS) is 14.6. The lowest BCUT2D eigenvalue weighted by molar-refractivity contribution is -0.135. The van der Waals surface area contributed by atoms with Gasteiger partial charge in [0.05, 0.1) is 0 Å². The molecule has 1 saturated heterocycles. The van der Waals surface area contributed by atoms with Crippen molar-refractivity contribution in [2.24, 2.45) is 5.92 Å². The third kappa shape index (κ3) is 5.18. The highest BCUT2D eigenvalue weighted by Crippen LogP contribution is 2.20. The standard InChI is InChI=1S/C24H29FN6O2/c1-16-20(17(2)31-24(29-16)27-15-28-31)7-8-22(32)30-13-10-19(11-14-30)23(33)26-12-9-18-5-3-4-6-21(18)25/h3-6,15,19H,7-14H2,1-2H3,(H,26,33). The number of piperidine rings is 1. The number of aromatic nitrogens is 4. The molecule has 1 aliphatic rings. The van der Waals surface area contributed by atoms with E-state index in [0.717, 1.165) is 17.0 Å². The summed E-state index contributed by atoms with van der Waals surface area (Å²) in [6, 6.07) is 6.60. The molecule has 4 rings (SSSR count). The Morgan fingerprint density at radius 2 is 1.91 bits per heavy atom. The van der Waals surface area contributed by atoms with Gasteiger partial charge in [-0.3, -0.25) is 9.59 Å². The maximum Gasteiger partial charge on any atom is 0.252 e. The Balaban J connectivity index is 1.23. The van der Waals surface area contributed by atoms with E-state index < -0.39 is 0 Å². The lowest BCUT2D eigenvalue weighted by atomic mass is 9.95. The highest BCUT2D eigenvalue weighted by Gasteiger charge is 2.27. The number of likely N-dealkylation sites (tertiary alicyclic amines) is 1. The second-order valence-electron chi connectivity index (χ2n) is 8.52. The number of carbonyl (C=O) groups is 2. The van der Waals surface area contributed by atoms with Crippen LogP contribution < -0.4 is 5.32 Å². The lowest BCUT2D eigenvalue weighted by Gasteiger charge is -2.31. The maximum atomic E-state index is 13.7. The van der Waals surface area contributed by atoms with Crippen LogP contribution in [0.2, 0.25) is 0 Å². The summed E-state index contributed by atoms with van der Waals surface area (Å²) >= 11 is 0. The van der Waals surface area contributed by atoms with E-state index in [1.807, 2.05) is 18.7 Å². The molecule has 2 aromatic heterocycles. The summed E-state index contributed by atoms with van der Waals surface area (Å²) in [4.78, 5) is 35.7. The van der Waals surface area contributed by atoms with Crippen molar-refractivity contribution in [3.05, 3.63) is 58.9 Å². The van der Waals surface area contributed by atoms with Crippen LogP contribution in [-0.2, 0) is 22.4 Å². The van der Waals surface area contributed by atoms with E-state index in [-0.39, 0.29) is 23.5 Å². The summed E-state index contributed by atoms with van der Waals surface area (Å²) in [5.74, 6) is 0.274. The topological polar surface area (TPSA) is 92.5 Å². The van der Waals surface area contributed by atoms with Crippen LogP contribution in [0.3, 0.4) is 0 Å². The van der Waals surface area contributed by atoms with Gasteiger partial charge in [-0.05, 0) is 56.7 Å². The molecule has 0 aliphatic carbocycles. The molecule has 1 fully saturated rings. The number of aryl methyl sites for hydroxylation is 2. The van der Waals surface area contributed by atoms with Crippen LogP contribution >= 0.6 is 0 Å². The number of nitrogens with zero attached hydrogens (tertiary/aromatic N) is 5. The first kappa shape index (κ1) is 22.8. The first-order valence-electron chi connectivity index (χ1n) is 11.4. The second-order valence-corrected chi connectivity index (χ2v) is 8.52. The molecule has 0 bridgehead atoms. The van der Waals surface area contributed by atoms with E-state index in [4.69, 9.17) is 0 Å². The van der Waals surface area contributed by atoms with Crippen LogP contribution in [0, 0.1) is 25.6 Å². The minimum absolute atomic E-state index is 0.0168. The fraction of sp³-hybridized carbons (Fsp3) is 0.458. The molecule has 33 heavy (non-hydrogen) atoms. The van der Waals surface area contributed by atoms with Crippen molar-refractivity contribution in [3.8, 4) is 0 Å². The zero-order valence-electron chi connectivity index (χ0n) is 19.1. The molecule has 3 heterocycles. The average Bonchev–Trinajstić information content (AvgIpc) is 3.28. The molecule has 0 saturated carbocycles. The van der Waals surface area contributed by atoms with Crippen molar-refractivity contribution in [1.29, 1.82) is 0 Å². The van der Waals surface area contributed by atoms with Crippen LogP contribution in [-0.4, -0.2) is 55.9 Å². The van der Waals surface area contributed by atoms with Gasteiger partial charge >= 0.3 is 0 Å². The largest absolute Gasteiger partial charge is 0.356 e. The fourth-order valence-corrected chi connectivity index (χ4v) is 4.46. The van der Waals surface area contributed by atoms with Crippen molar-refractivity contribution in [3.63, 3.8) is 0 Å². The second kappa shape index (κ2) is 10.1. The molecule has 0 atom stereocenters. The van der Waals surface area contributed by atoms with Gasteiger partial charge in [-0.2, -0.15) is 10.1 Å². The summed E-state index contributed by atoms with van der Waals surface area (Å²) in [5.41, 5.74) is 3.44. The van der Waals surface area contributed by atoms with Gasteiger partial charge in [-0.1, -0.05) is 18.2 Å². The van der Waals surface area contributed by atoms with E-state index >= 15 is 0 Å². The summed E-state index contributed by atoms with van der Waals surface area (Å²) in [7, 11) is 0. The molecule has 1 aliphatic heterocycles. The van der Waals surface area contributed by atoms with Crippen molar-refractivity contribution in [2.45, 2.75) is 46.0 Å². The fourth-order valence-electron chi connectivity index (χ4n) is 4.46. The molecular formula is C24H29FN6O2. The number of hydrogen-bond acceptors (Lipinski definition) is 5. The molecule has 2 amide bonds. The van der Waals surface area contributed by atoms with Gasteiger partial charge in [0.25, 0.3) is 5.78 Å². The Morgan fingerprint density at radius 1 is 1.15 bits per heavy atom. The maximum absolute atomic E-state index is 13.7. The quantitative estimate of drug-likeness (QED) is 0.594. The van der Waals surface area contributed by atoms with Crippen LogP contribution in [0.25, 0.3) is 5.78 Å². The summed E-state index contributed by atoms with van der Waals surface area (Å²) in [6.07, 6.45) is 4.20. The third-order valence-electron chi connectivity index (χ3n) is 6.45. The van der Waals surface area contributed by atoms with Gasteiger partial charge in [-0.15, -0.1) is 0 Å². The molecule has 0 spiro atoms. The van der Waals surface area contributed by atoms with E-state index in [0.29, 0.717) is 63.1 Å². The summed E-state index contributed by atoms with van der Waals surface area (Å²) in [5, 5.41) is 7.11. The number of fused-ring (bicyclic) bond motifs is 1. The van der Waals surface area contributed by atoms with Gasteiger partial charge in [0.2, 0.25) is 11.8 Å². The Hall–Kier alpha value is -3.36. The van der Waals surface area contributed by atoms with Crippen LogP contribution in [0.5, 0.6) is 0 Å². The number of amides is 2. The Morgan fingerprint density at radius 3 is 2.67 bits per heavy atom. The first-order valence-corrected chi connectivity index (χ1v) is 11.4. The molecule has 0 radical (unpaired) electrons. The highest BCUT2D eigenvalue weighted by molar-refractivity contribution is 5.80. The van der Waals surface area contributed by atoms with E-state index in [1.165, 1.54) is 12.4 Å². The molecule has 1 aromatic carbocycles. The first-order chi connectivity index (χ1) is 15.9. The summed E-state index contributed by atoms with van der Waals surface area (Å²) in [6.45, 7) is 5.44. The van der Waals surface area contributed by atoms with Gasteiger partial charge in [-0.25, -0.2) is 13.9 Å². The molecule has 0 unspecified atom stereocenters. The molecule has 8 nitrogen and oxygen atoms in total. The van der Waals surface area contributed by atoms with Crippen molar-refractivity contribution < 1.29 is 14.0 Å². The molecule has 9 heteroatoms. The van der Waals surface area contributed by atoms with Gasteiger partial charge < -0.3 is 10.2 Å². The minimum Gasteiger partial charge on any atom is -0.356 e. The van der Waals surface area contributed by atoms with Gasteiger partial charge in [0.1, 0.15) is 12.1 Å². The number of rotatable bonds is 7. The van der Waals surface area contributed by atoms with Crippen LogP contribution in [0.1, 0.15) is 41.8 Å². The monoisotopic (exact) mass is 452 g/mol. The van der Waals surface area contributed by atoms with E-state index in [1.54, 1.807) is 22.7 Å². The van der Waals surface area contributed by atoms with E-state index in [2.05, 4.69) is 20.4 Å². The van der Waals surface area contributed by atoms with Crippen LogP contribution in [0.4, 0.5) is 4.39 Å². The molecular weight excluding hydrogens is 423 g/mol. The van der Waals surface area contributed by atoms with Gasteiger partial charge in [0, 0.05) is 43.4 Å². The highest BCUT2D eigenvalue weighted by atomic mass is 19.1. The third-order valence-corrected chi connectivity index (χ3v) is 6.45. The summed E-state index contributed by atoms with van der Waals surface area (Å²) < 4.78 is 15.4. The van der Waals surface area contributed by atoms with Crippen LogP contribution in [0.15, 0.2) is 30.6 Å². The molecule has 1 N–H and O–H groups in total. The zero-order valence-corrected chi connectivity index (χ0v) is 19.1. The van der Waals surface area contributed by atoms with E-state index in [9.17, 15) is 14.0 Å². The molecule has 3 aromatic rings. The van der Waals surface area contributed by atoms with Crippen molar-refractivity contribution in [2.75, 3.05) is 19.6 Å².